The van der Waals surface area contributed by atoms with Crippen molar-refractivity contribution in [2.24, 2.45) is 0 Å². The highest BCUT2D eigenvalue weighted by molar-refractivity contribution is 6.08. The Labute approximate surface area is 169 Å². The van der Waals surface area contributed by atoms with Crippen LogP contribution in [0.5, 0.6) is 23.0 Å². The molecule has 0 unspecified atom stereocenters. The molecule has 5 heteroatoms. The second-order valence-electron chi connectivity index (χ2n) is 6.31. The fourth-order valence-electron chi connectivity index (χ4n) is 2.75. The zero-order valence-corrected chi connectivity index (χ0v) is 16.0. The van der Waals surface area contributed by atoms with Crippen LogP contribution in [0.25, 0.3) is 6.08 Å². The SMILES string of the molecule is CCOc1ccc(C=CC(=O)c2ccc(O)cc2OCc2ccccc2)c(O)c1. The van der Waals surface area contributed by atoms with Crippen LogP contribution in [-0.2, 0) is 6.61 Å². The quantitative estimate of drug-likeness (QED) is 0.419. The van der Waals surface area contributed by atoms with E-state index in [1.807, 2.05) is 37.3 Å². The summed E-state index contributed by atoms with van der Waals surface area (Å²) in [6.07, 6.45) is 2.89. The highest BCUT2D eigenvalue weighted by Crippen LogP contribution is 2.28. The molecule has 29 heavy (non-hydrogen) atoms. The normalized spacial score (nSPS) is 10.8. The van der Waals surface area contributed by atoms with E-state index in [0.29, 0.717) is 29.2 Å². The molecule has 3 aromatic rings. The van der Waals surface area contributed by atoms with Crippen molar-refractivity contribution in [1.82, 2.24) is 0 Å². The number of hydrogen-bond acceptors (Lipinski definition) is 5. The van der Waals surface area contributed by atoms with Crippen LogP contribution in [0.3, 0.4) is 0 Å². The molecule has 0 aliphatic carbocycles. The van der Waals surface area contributed by atoms with Crippen LogP contribution in [0.15, 0.2) is 72.8 Å². The van der Waals surface area contributed by atoms with Crippen molar-refractivity contribution < 1.29 is 24.5 Å². The van der Waals surface area contributed by atoms with Crippen molar-refractivity contribution in [1.29, 1.82) is 0 Å². The van der Waals surface area contributed by atoms with E-state index in [1.54, 1.807) is 12.1 Å². The maximum absolute atomic E-state index is 12.7. The minimum Gasteiger partial charge on any atom is -0.508 e. The lowest BCUT2D eigenvalue weighted by molar-refractivity contribution is 0.104. The Morgan fingerprint density at radius 1 is 0.966 bits per heavy atom. The summed E-state index contributed by atoms with van der Waals surface area (Å²) in [5, 5.41) is 19.9. The average Bonchev–Trinajstić information content (AvgIpc) is 2.72. The third-order valence-corrected chi connectivity index (χ3v) is 4.19. The number of ether oxygens (including phenoxy) is 2. The van der Waals surface area contributed by atoms with Gasteiger partial charge in [0.1, 0.15) is 29.6 Å². The fourth-order valence-corrected chi connectivity index (χ4v) is 2.75. The number of carbonyl (C=O) groups is 1. The number of allylic oxidation sites excluding steroid dienone is 1. The third-order valence-electron chi connectivity index (χ3n) is 4.19. The molecule has 3 aromatic carbocycles. The number of rotatable bonds is 8. The largest absolute Gasteiger partial charge is 0.508 e. The first kappa shape index (κ1) is 20.0. The number of ketones is 1. The standard InChI is InChI=1S/C24H22O5/c1-2-28-20-11-8-18(23(27)15-20)9-13-22(26)21-12-10-19(25)14-24(21)29-16-17-6-4-3-5-7-17/h3-15,25,27H,2,16H2,1H3. The Kier molecular flexibility index (Phi) is 6.53. The highest BCUT2D eigenvalue weighted by atomic mass is 16.5. The summed E-state index contributed by atoms with van der Waals surface area (Å²) in [4.78, 5) is 12.7. The maximum atomic E-state index is 12.7. The van der Waals surface area contributed by atoms with Gasteiger partial charge in [-0.05, 0) is 48.9 Å². The zero-order chi connectivity index (χ0) is 20.6. The van der Waals surface area contributed by atoms with Crippen molar-refractivity contribution in [3.8, 4) is 23.0 Å². The molecule has 148 valence electrons. The second-order valence-corrected chi connectivity index (χ2v) is 6.31. The van der Waals surface area contributed by atoms with Crippen LogP contribution in [0.4, 0.5) is 0 Å². The summed E-state index contributed by atoms with van der Waals surface area (Å²) in [6, 6.07) is 18.8. The van der Waals surface area contributed by atoms with Gasteiger partial charge in [0.25, 0.3) is 0 Å². The maximum Gasteiger partial charge on any atom is 0.189 e. The number of phenols is 2. The Hall–Kier alpha value is -3.73. The molecule has 0 fully saturated rings. The van der Waals surface area contributed by atoms with Gasteiger partial charge >= 0.3 is 0 Å². The molecular weight excluding hydrogens is 368 g/mol. The molecule has 5 nitrogen and oxygen atoms in total. The number of carbonyl (C=O) groups excluding carboxylic acids is 1. The van der Waals surface area contributed by atoms with Crippen LogP contribution in [-0.4, -0.2) is 22.6 Å². The van der Waals surface area contributed by atoms with Gasteiger partial charge in [-0.25, -0.2) is 0 Å². The average molecular weight is 390 g/mol. The van der Waals surface area contributed by atoms with E-state index in [1.165, 1.54) is 36.4 Å². The molecule has 0 bridgehead atoms. The molecule has 2 N–H and O–H groups in total. The van der Waals surface area contributed by atoms with E-state index in [4.69, 9.17) is 9.47 Å². The first-order chi connectivity index (χ1) is 14.1. The lowest BCUT2D eigenvalue weighted by Gasteiger charge is -2.10. The van der Waals surface area contributed by atoms with Crippen LogP contribution in [0.1, 0.15) is 28.4 Å². The predicted molar refractivity (Wildman–Crippen MR) is 112 cm³/mol. The van der Waals surface area contributed by atoms with Gasteiger partial charge in [0.05, 0.1) is 12.2 Å². The minimum absolute atomic E-state index is 0.0118. The van der Waals surface area contributed by atoms with E-state index in [-0.39, 0.29) is 23.9 Å². The third kappa shape index (κ3) is 5.39. The van der Waals surface area contributed by atoms with E-state index in [0.717, 1.165) is 5.56 Å². The van der Waals surface area contributed by atoms with Gasteiger partial charge in [-0.1, -0.05) is 30.3 Å². The van der Waals surface area contributed by atoms with E-state index >= 15 is 0 Å². The van der Waals surface area contributed by atoms with Gasteiger partial charge in [-0.2, -0.15) is 0 Å². The molecule has 0 atom stereocenters. The van der Waals surface area contributed by atoms with E-state index in [9.17, 15) is 15.0 Å². The smallest absolute Gasteiger partial charge is 0.189 e. The molecule has 0 radical (unpaired) electrons. The predicted octanol–water partition coefficient (Wildman–Crippen LogP) is 4.97. The van der Waals surface area contributed by atoms with Crippen molar-refractivity contribution in [2.75, 3.05) is 6.61 Å². The van der Waals surface area contributed by atoms with Crippen LogP contribution in [0.2, 0.25) is 0 Å². The Bertz CT molecular complexity index is 1010. The number of benzene rings is 3. The van der Waals surface area contributed by atoms with Crippen molar-refractivity contribution >= 4 is 11.9 Å². The fraction of sp³-hybridized carbons (Fsp3) is 0.125. The number of hydrogen-bond donors (Lipinski definition) is 2. The van der Waals surface area contributed by atoms with Gasteiger partial charge in [-0.15, -0.1) is 0 Å². The minimum atomic E-state index is -0.304. The summed E-state index contributed by atoms with van der Waals surface area (Å²) in [5.41, 5.74) is 1.76. The highest BCUT2D eigenvalue weighted by Gasteiger charge is 2.12. The Balaban J connectivity index is 1.77. The first-order valence-electron chi connectivity index (χ1n) is 9.25. The summed E-state index contributed by atoms with van der Waals surface area (Å²) in [7, 11) is 0. The topological polar surface area (TPSA) is 76.0 Å². The molecule has 0 heterocycles. The second kappa shape index (κ2) is 9.46. The molecule has 0 amide bonds. The van der Waals surface area contributed by atoms with Gasteiger partial charge < -0.3 is 19.7 Å². The van der Waals surface area contributed by atoms with Crippen LogP contribution >= 0.6 is 0 Å². The first-order valence-corrected chi connectivity index (χ1v) is 9.25. The molecule has 0 aliphatic rings. The molecule has 0 saturated heterocycles. The summed E-state index contributed by atoms with van der Waals surface area (Å²) >= 11 is 0. The van der Waals surface area contributed by atoms with Crippen molar-refractivity contribution in [2.45, 2.75) is 13.5 Å². The van der Waals surface area contributed by atoms with Gasteiger partial charge in [0.15, 0.2) is 5.78 Å². The molecule has 0 aromatic heterocycles. The monoisotopic (exact) mass is 390 g/mol. The lowest BCUT2D eigenvalue weighted by Crippen LogP contribution is -2.02. The molecular formula is C24H22O5. The van der Waals surface area contributed by atoms with E-state index < -0.39 is 0 Å². The number of phenolic OH excluding ortho intramolecular Hbond substituents is 2. The summed E-state index contributed by atoms with van der Waals surface area (Å²) in [6.45, 7) is 2.63. The van der Waals surface area contributed by atoms with E-state index in [2.05, 4.69) is 0 Å². The molecule has 0 saturated carbocycles. The van der Waals surface area contributed by atoms with Gasteiger partial charge in [0, 0.05) is 17.7 Å². The van der Waals surface area contributed by atoms with Crippen molar-refractivity contribution in [3.63, 3.8) is 0 Å². The summed E-state index contributed by atoms with van der Waals surface area (Å²) < 4.78 is 11.1. The Morgan fingerprint density at radius 2 is 1.76 bits per heavy atom. The zero-order valence-electron chi connectivity index (χ0n) is 16.0. The molecule has 3 rings (SSSR count). The Morgan fingerprint density at radius 3 is 2.48 bits per heavy atom. The lowest BCUT2D eigenvalue weighted by atomic mass is 10.1. The van der Waals surface area contributed by atoms with Gasteiger partial charge in [-0.3, -0.25) is 4.79 Å². The van der Waals surface area contributed by atoms with Crippen molar-refractivity contribution in [3.05, 3.63) is 89.5 Å². The summed E-state index contributed by atoms with van der Waals surface area (Å²) in [5.74, 6) is 0.577. The van der Waals surface area contributed by atoms with Crippen LogP contribution in [0, 0.1) is 0 Å². The van der Waals surface area contributed by atoms with Crippen LogP contribution < -0.4 is 9.47 Å². The molecule has 0 aliphatic heterocycles. The molecule has 0 spiro atoms. The number of aromatic hydroxyl groups is 2. The van der Waals surface area contributed by atoms with Gasteiger partial charge in [0.2, 0.25) is 0 Å².